The third-order valence-electron chi connectivity index (χ3n) is 3.94. The van der Waals surface area contributed by atoms with Crippen molar-refractivity contribution in [3.63, 3.8) is 0 Å². The molecule has 0 unspecified atom stereocenters. The molecule has 0 bridgehead atoms. The number of hydrogen-bond acceptors (Lipinski definition) is 4. The van der Waals surface area contributed by atoms with E-state index >= 15 is 0 Å². The highest BCUT2D eigenvalue weighted by Gasteiger charge is 2.20. The van der Waals surface area contributed by atoms with Gasteiger partial charge < -0.3 is 9.64 Å². The number of aromatic nitrogens is 3. The van der Waals surface area contributed by atoms with Crippen LogP contribution >= 0.6 is 0 Å². The van der Waals surface area contributed by atoms with Gasteiger partial charge in [0.25, 0.3) is 0 Å². The van der Waals surface area contributed by atoms with E-state index in [1.54, 1.807) is 12.7 Å². The molecule has 1 aromatic carbocycles. The lowest BCUT2D eigenvalue weighted by Crippen LogP contribution is -2.39. The molecule has 5 heteroatoms. The smallest absolute Gasteiger partial charge is 0.137 e. The van der Waals surface area contributed by atoms with E-state index < -0.39 is 0 Å². The van der Waals surface area contributed by atoms with Crippen molar-refractivity contribution in [1.82, 2.24) is 19.7 Å². The lowest BCUT2D eigenvalue weighted by atomic mass is 10.1. The van der Waals surface area contributed by atoms with Crippen LogP contribution in [-0.4, -0.2) is 45.4 Å². The highest BCUT2D eigenvalue weighted by Crippen LogP contribution is 2.19. The van der Waals surface area contributed by atoms with E-state index in [1.165, 1.54) is 5.56 Å². The molecule has 1 aliphatic heterocycles. The molecule has 0 spiro atoms. The summed E-state index contributed by atoms with van der Waals surface area (Å²) in [5.41, 5.74) is 1.25. The van der Waals surface area contributed by atoms with Gasteiger partial charge in [-0.05, 0) is 37.5 Å². The molecule has 21 heavy (non-hydrogen) atoms. The SMILES string of the molecule is Cc1cccc(OC2CCN(CCn3cncn3)CC2)c1. The Morgan fingerprint density at radius 2 is 2.10 bits per heavy atom. The molecule has 0 N–H and O–H groups in total. The molecule has 1 aromatic heterocycles. The molecule has 1 aliphatic rings. The molecule has 0 amide bonds. The van der Waals surface area contributed by atoms with Crippen molar-refractivity contribution in [2.24, 2.45) is 0 Å². The van der Waals surface area contributed by atoms with Crippen LogP contribution < -0.4 is 4.74 Å². The van der Waals surface area contributed by atoms with Gasteiger partial charge in [0.15, 0.2) is 0 Å². The fourth-order valence-corrected chi connectivity index (χ4v) is 2.72. The van der Waals surface area contributed by atoms with Crippen LogP contribution in [-0.2, 0) is 6.54 Å². The average molecular weight is 286 g/mol. The Bertz CT molecular complexity index is 547. The standard InChI is InChI=1S/C16H22N4O/c1-14-3-2-4-16(11-14)21-15-5-7-19(8-6-15)9-10-20-13-17-12-18-20/h2-4,11-13,15H,5-10H2,1H3. The van der Waals surface area contributed by atoms with Crippen molar-refractivity contribution in [3.05, 3.63) is 42.5 Å². The highest BCUT2D eigenvalue weighted by atomic mass is 16.5. The van der Waals surface area contributed by atoms with Gasteiger partial charge in [0.1, 0.15) is 24.5 Å². The third-order valence-corrected chi connectivity index (χ3v) is 3.94. The van der Waals surface area contributed by atoms with Gasteiger partial charge in [-0.25, -0.2) is 4.98 Å². The maximum Gasteiger partial charge on any atom is 0.137 e. The number of rotatable bonds is 5. The summed E-state index contributed by atoms with van der Waals surface area (Å²) in [7, 11) is 0. The Labute approximate surface area is 125 Å². The van der Waals surface area contributed by atoms with Gasteiger partial charge in [0.2, 0.25) is 0 Å². The van der Waals surface area contributed by atoms with Crippen LogP contribution in [0.1, 0.15) is 18.4 Å². The first-order valence-corrected chi connectivity index (χ1v) is 7.58. The Hall–Kier alpha value is -1.88. The number of hydrogen-bond donors (Lipinski definition) is 0. The molecule has 0 radical (unpaired) electrons. The van der Waals surface area contributed by atoms with Gasteiger partial charge in [0, 0.05) is 19.6 Å². The molecule has 2 aromatic rings. The minimum absolute atomic E-state index is 0.342. The summed E-state index contributed by atoms with van der Waals surface area (Å²) in [5.74, 6) is 0.996. The van der Waals surface area contributed by atoms with E-state index in [1.807, 2.05) is 10.7 Å². The number of likely N-dealkylation sites (tertiary alicyclic amines) is 1. The van der Waals surface area contributed by atoms with E-state index in [-0.39, 0.29) is 0 Å². The van der Waals surface area contributed by atoms with E-state index in [0.717, 1.165) is 44.8 Å². The second-order valence-corrected chi connectivity index (χ2v) is 5.63. The normalized spacial score (nSPS) is 17.0. The summed E-state index contributed by atoms with van der Waals surface area (Å²) in [5, 5.41) is 4.13. The Kier molecular flexibility index (Phi) is 4.50. The maximum atomic E-state index is 6.08. The van der Waals surface area contributed by atoms with Gasteiger partial charge in [0.05, 0.1) is 6.54 Å². The zero-order chi connectivity index (χ0) is 14.5. The first kappa shape index (κ1) is 14.1. The molecule has 1 fully saturated rings. The fraction of sp³-hybridized carbons (Fsp3) is 0.500. The zero-order valence-electron chi connectivity index (χ0n) is 12.5. The summed E-state index contributed by atoms with van der Waals surface area (Å²) < 4.78 is 7.96. The predicted molar refractivity (Wildman–Crippen MR) is 81.3 cm³/mol. The second kappa shape index (κ2) is 6.72. The molecule has 5 nitrogen and oxygen atoms in total. The molecule has 0 atom stereocenters. The van der Waals surface area contributed by atoms with Crippen LogP contribution in [0.25, 0.3) is 0 Å². The lowest BCUT2D eigenvalue weighted by Gasteiger charge is -2.32. The quantitative estimate of drug-likeness (QED) is 0.844. The monoisotopic (exact) mass is 286 g/mol. The number of ether oxygens (including phenoxy) is 1. The molecule has 0 saturated carbocycles. The predicted octanol–water partition coefficient (Wildman–Crippen LogP) is 2.13. The van der Waals surface area contributed by atoms with Crippen molar-refractivity contribution in [2.45, 2.75) is 32.4 Å². The van der Waals surface area contributed by atoms with E-state index in [2.05, 4.69) is 40.1 Å². The van der Waals surface area contributed by atoms with Gasteiger partial charge in [-0.15, -0.1) is 0 Å². The maximum absolute atomic E-state index is 6.08. The van der Waals surface area contributed by atoms with Gasteiger partial charge >= 0.3 is 0 Å². The van der Waals surface area contributed by atoms with Crippen molar-refractivity contribution < 1.29 is 4.74 Å². The average Bonchev–Trinajstić information content (AvgIpc) is 3.00. The van der Waals surface area contributed by atoms with E-state index in [9.17, 15) is 0 Å². The topological polar surface area (TPSA) is 43.2 Å². The van der Waals surface area contributed by atoms with Crippen LogP contribution in [0.4, 0.5) is 0 Å². The van der Waals surface area contributed by atoms with Gasteiger partial charge in [-0.1, -0.05) is 12.1 Å². The summed E-state index contributed by atoms with van der Waals surface area (Å²) in [6.45, 7) is 6.21. The van der Waals surface area contributed by atoms with Crippen LogP contribution in [0, 0.1) is 6.92 Å². The third kappa shape index (κ3) is 4.04. The summed E-state index contributed by atoms with van der Waals surface area (Å²) in [6.07, 6.45) is 5.88. The van der Waals surface area contributed by atoms with Crippen molar-refractivity contribution in [2.75, 3.05) is 19.6 Å². The molecule has 0 aliphatic carbocycles. The van der Waals surface area contributed by atoms with Crippen molar-refractivity contribution >= 4 is 0 Å². The summed E-state index contributed by atoms with van der Waals surface area (Å²) >= 11 is 0. The van der Waals surface area contributed by atoms with E-state index in [0.29, 0.717) is 6.10 Å². The number of nitrogens with zero attached hydrogens (tertiary/aromatic N) is 4. The molecule has 2 heterocycles. The van der Waals surface area contributed by atoms with Crippen molar-refractivity contribution in [1.29, 1.82) is 0 Å². The lowest BCUT2D eigenvalue weighted by molar-refractivity contribution is 0.0979. The number of aryl methyl sites for hydroxylation is 1. The molecule has 1 saturated heterocycles. The zero-order valence-corrected chi connectivity index (χ0v) is 12.5. The first-order chi connectivity index (χ1) is 10.3. The number of piperidine rings is 1. The largest absolute Gasteiger partial charge is 0.490 e. The molecular weight excluding hydrogens is 264 g/mol. The molecule has 112 valence electrons. The van der Waals surface area contributed by atoms with Gasteiger partial charge in [-0.2, -0.15) is 5.10 Å². The van der Waals surface area contributed by atoms with Crippen LogP contribution in [0.2, 0.25) is 0 Å². The van der Waals surface area contributed by atoms with Crippen LogP contribution in [0.15, 0.2) is 36.9 Å². The molecule has 3 rings (SSSR count). The Balaban J connectivity index is 1.42. The summed E-state index contributed by atoms with van der Waals surface area (Å²) in [4.78, 5) is 6.44. The number of benzene rings is 1. The Morgan fingerprint density at radius 1 is 1.24 bits per heavy atom. The first-order valence-electron chi connectivity index (χ1n) is 7.58. The van der Waals surface area contributed by atoms with Gasteiger partial charge in [-0.3, -0.25) is 4.68 Å². The minimum Gasteiger partial charge on any atom is -0.490 e. The van der Waals surface area contributed by atoms with Crippen molar-refractivity contribution in [3.8, 4) is 5.75 Å². The Morgan fingerprint density at radius 3 is 2.81 bits per heavy atom. The second-order valence-electron chi connectivity index (χ2n) is 5.63. The molecular formula is C16H22N4O. The fourth-order valence-electron chi connectivity index (χ4n) is 2.72. The van der Waals surface area contributed by atoms with Crippen LogP contribution in [0.3, 0.4) is 0 Å². The summed E-state index contributed by atoms with van der Waals surface area (Å²) in [6, 6.07) is 8.30. The highest BCUT2D eigenvalue weighted by molar-refractivity contribution is 5.27. The minimum atomic E-state index is 0.342. The van der Waals surface area contributed by atoms with Crippen LogP contribution in [0.5, 0.6) is 5.75 Å². The van der Waals surface area contributed by atoms with E-state index in [4.69, 9.17) is 4.74 Å².